The Kier molecular flexibility index (Phi) is 5.21. The van der Waals surface area contributed by atoms with Crippen LogP contribution in [0.2, 0.25) is 0 Å². The van der Waals surface area contributed by atoms with Crippen molar-refractivity contribution in [2.75, 3.05) is 10.6 Å². The molecule has 2 aromatic rings. The zero-order valence-electron chi connectivity index (χ0n) is 13.3. The lowest BCUT2D eigenvalue weighted by Crippen LogP contribution is -2.30. The van der Waals surface area contributed by atoms with Gasteiger partial charge in [-0.2, -0.15) is 0 Å². The van der Waals surface area contributed by atoms with E-state index in [1.807, 2.05) is 24.3 Å². The van der Waals surface area contributed by atoms with E-state index < -0.39 is 11.8 Å². The van der Waals surface area contributed by atoms with Crippen molar-refractivity contribution in [2.45, 2.75) is 26.2 Å². The first-order valence-electron chi connectivity index (χ1n) is 7.25. The molecule has 0 aromatic heterocycles. The largest absolute Gasteiger partial charge is 0.318 e. The molecule has 0 unspecified atom stereocenters. The fraction of sp³-hybridized carbons (Fsp3) is 0.222. The zero-order chi connectivity index (χ0) is 17.0. The SMILES string of the molecule is CC(C)(C)c1ccccc1NC(=O)C(=O)Nc1ccccc1Br. The second kappa shape index (κ2) is 6.96. The van der Waals surface area contributed by atoms with Crippen molar-refractivity contribution in [2.24, 2.45) is 0 Å². The van der Waals surface area contributed by atoms with Gasteiger partial charge in [0.05, 0.1) is 5.69 Å². The molecule has 0 spiro atoms. The number of benzene rings is 2. The van der Waals surface area contributed by atoms with E-state index in [1.54, 1.807) is 24.3 Å². The van der Waals surface area contributed by atoms with Crippen LogP contribution in [-0.2, 0) is 15.0 Å². The average molecular weight is 375 g/mol. The number of amides is 2. The van der Waals surface area contributed by atoms with E-state index in [1.165, 1.54) is 0 Å². The number of para-hydroxylation sites is 2. The zero-order valence-corrected chi connectivity index (χ0v) is 14.9. The summed E-state index contributed by atoms with van der Waals surface area (Å²) in [5, 5.41) is 5.28. The molecule has 5 heteroatoms. The van der Waals surface area contributed by atoms with Crippen molar-refractivity contribution in [1.29, 1.82) is 0 Å². The Balaban J connectivity index is 2.14. The van der Waals surface area contributed by atoms with Crippen molar-refractivity contribution in [3.05, 3.63) is 58.6 Å². The monoisotopic (exact) mass is 374 g/mol. The molecular weight excluding hydrogens is 356 g/mol. The quantitative estimate of drug-likeness (QED) is 0.768. The molecule has 2 N–H and O–H groups in total. The van der Waals surface area contributed by atoms with Gasteiger partial charge in [0.2, 0.25) is 0 Å². The number of hydrogen-bond acceptors (Lipinski definition) is 2. The van der Waals surface area contributed by atoms with Gasteiger partial charge in [0, 0.05) is 10.2 Å². The van der Waals surface area contributed by atoms with E-state index in [-0.39, 0.29) is 5.41 Å². The summed E-state index contributed by atoms with van der Waals surface area (Å²) in [6, 6.07) is 14.6. The standard InChI is InChI=1S/C18H19BrN2O2/c1-18(2,3)12-8-4-6-10-14(12)20-16(22)17(23)21-15-11-7-5-9-13(15)19/h4-11H,1-3H3,(H,20,22)(H,21,23). The highest BCUT2D eigenvalue weighted by atomic mass is 79.9. The van der Waals surface area contributed by atoms with Crippen LogP contribution >= 0.6 is 15.9 Å². The molecule has 2 rings (SSSR count). The third kappa shape index (κ3) is 4.42. The molecule has 0 bridgehead atoms. The maximum absolute atomic E-state index is 12.2. The lowest BCUT2D eigenvalue weighted by molar-refractivity contribution is -0.133. The van der Waals surface area contributed by atoms with Gasteiger partial charge >= 0.3 is 11.8 Å². The molecule has 2 aromatic carbocycles. The molecule has 0 saturated carbocycles. The normalized spacial score (nSPS) is 11.0. The van der Waals surface area contributed by atoms with Gasteiger partial charge in [0.15, 0.2) is 0 Å². The third-order valence-electron chi connectivity index (χ3n) is 3.31. The highest BCUT2D eigenvalue weighted by molar-refractivity contribution is 9.10. The first-order chi connectivity index (χ1) is 10.8. The fourth-order valence-corrected chi connectivity index (χ4v) is 2.55. The van der Waals surface area contributed by atoms with Crippen LogP contribution in [0.15, 0.2) is 53.0 Å². The van der Waals surface area contributed by atoms with E-state index in [2.05, 4.69) is 47.3 Å². The van der Waals surface area contributed by atoms with Gasteiger partial charge in [0.25, 0.3) is 0 Å². The average Bonchev–Trinajstić information content (AvgIpc) is 2.49. The molecule has 2 amide bonds. The number of halogens is 1. The van der Waals surface area contributed by atoms with Gasteiger partial charge in [-0.25, -0.2) is 0 Å². The Morgan fingerprint density at radius 2 is 1.30 bits per heavy atom. The number of rotatable bonds is 2. The van der Waals surface area contributed by atoms with Crippen LogP contribution in [-0.4, -0.2) is 11.8 Å². The van der Waals surface area contributed by atoms with Gasteiger partial charge in [-0.1, -0.05) is 51.1 Å². The molecular formula is C18H19BrN2O2. The van der Waals surface area contributed by atoms with Crippen molar-refractivity contribution >= 4 is 39.1 Å². The van der Waals surface area contributed by atoms with Crippen LogP contribution in [0.5, 0.6) is 0 Å². The summed E-state index contributed by atoms with van der Waals surface area (Å²) < 4.78 is 0.719. The topological polar surface area (TPSA) is 58.2 Å². The van der Waals surface area contributed by atoms with Crippen LogP contribution in [0.3, 0.4) is 0 Å². The van der Waals surface area contributed by atoms with Crippen LogP contribution in [0.1, 0.15) is 26.3 Å². The molecule has 0 radical (unpaired) electrons. The summed E-state index contributed by atoms with van der Waals surface area (Å²) in [5.74, 6) is -1.40. The van der Waals surface area contributed by atoms with Crippen LogP contribution in [0.4, 0.5) is 11.4 Å². The second-order valence-electron chi connectivity index (χ2n) is 6.18. The molecule has 23 heavy (non-hydrogen) atoms. The fourth-order valence-electron chi connectivity index (χ4n) is 2.17. The van der Waals surface area contributed by atoms with Crippen LogP contribution in [0, 0.1) is 0 Å². The Morgan fingerprint density at radius 1 is 0.826 bits per heavy atom. The third-order valence-corrected chi connectivity index (χ3v) is 4.00. The van der Waals surface area contributed by atoms with Gasteiger partial charge < -0.3 is 10.6 Å². The highest BCUT2D eigenvalue weighted by Gasteiger charge is 2.21. The molecule has 0 heterocycles. The minimum atomic E-state index is -0.708. The van der Waals surface area contributed by atoms with Crippen LogP contribution in [0.25, 0.3) is 0 Å². The van der Waals surface area contributed by atoms with Crippen LogP contribution < -0.4 is 10.6 Å². The molecule has 4 nitrogen and oxygen atoms in total. The van der Waals surface area contributed by atoms with Crippen molar-refractivity contribution in [3.63, 3.8) is 0 Å². The number of hydrogen-bond donors (Lipinski definition) is 2. The Labute approximate surface area is 144 Å². The van der Waals surface area contributed by atoms with Gasteiger partial charge in [0.1, 0.15) is 0 Å². The maximum Gasteiger partial charge on any atom is 0.314 e. The lowest BCUT2D eigenvalue weighted by Gasteiger charge is -2.22. The summed E-state index contributed by atoms with van der Waals surface area (Å²) in [6.45, 7) is 6.16. The van der Waals surface area contributed by atoms with Gasteiger partial charge in [-0.3, -0.25) is 9.59 Å². The molecule has 0 saturated heterocycles. The number of anilines is 2. The van der Waals surface area contributed by atoms with Gasteiger partial charge in [-0.15, -0.1) is 0 Å². The van der Waals surface area contributed by atoms with E-state index in [0.717, 1.165) is 10.0 Å². The molecule has 0 atom stereocenters. The number of carbonyl (C=O) groups excluding carboxylic acids is 2. The minimum Gasteiger partial charge on any atom is -0.318 e. The van der Waals surface area contributed by atoms with Gasteiger partial charge in [-0.05, 0) is 45.1 Å². The lowest BCUT2D eigenvalue weighted by atomic mass is 9.86. The second-order valence-corrected chi connectivity index (χ2v) is 7.04. The smallest absolute Gasteiger partial charge is 0.314 e. The summed E-state index contributed by atoms with van der Waals surface area (Å²) >= 11 is 3.33. The molecule has 120 valence electrons. The molecule has 0 fully saturated rings. The van der Waals surface area contributed by atoms with E-state index >= 15 is 0 Å². The minimum absolute atomic E-state index is 0.136. The predicted molar refractivity (Wildman–Crippen MR) is 96.5 cm³/mol. The summed E-state index contributed by atoms with van der Waals surface area (Å²) in [5.41, 5.74) is 2.04. The van der Waals surface area contributed by atoms with E-state index in [9.17, 15) is 9.59 Å². The van der Waals surface area contributed by atoms with Crippen molar-refractivity contribution in [1.82, 2.24) is 0 Å². The highest BCUT2D eigenvalue weighted by Crippen LogP contribution is 2.29. The molecule has 0 aliphatic heterocycles. The molecule has 0 aliphatic carbocycles. The Morgan fingerprint density at radius 3 is 1.87 bits per heavy atom. The molecule has 0 aliphatic rings. The van der Waals surface area contributed by atoms with E-state index in [0.29, 0.717) is 11.4 Å². The first kappa shape index (κ1) is 17.2. The Hall–Kier alpha value is -2.14. The number of nitrogens with one attached hydrogen (secondary N) is 2. The summed E-state index contributed by atoms with van der Waals surface area (Å²) in [7, 11) is 0. The first-order valence-corrected chi connectivity index (χ1v) is 8.04. The summed E-state index contributed by atoms with van der Waals surface area (Å²) in [6.07, 6.45) is 0. The Bertz CT molecular complexity index is 736. The maximum atomic E-state index is 12.2. The van der Waals surface area contributed by atoms with Crippen molar-refractivity contribution in [3.8, 4) is 0 Å². The number of carbonyl (C=O) groups is 2. The van der Waals surface area contributed by atoms with Crippen molar-refractivity contribution < 1.29 is 9.59 Å². The van der Waals surface area contributed by atoms with E-state index in [4.69, 9.17) is 0 Å². The summed E-state index contributed by atoms with van der Waals surface area (Å²) in [4.78, 5) is 24.3. The predicted octanol–water partition coefficient (Wildman–Crippen LogP) is 4.32.